The molecule has 2 aromatic carbocycles. The highest BCUT2D eigenvalue weighted by Gasteiger charge is 2.25. The third-order valence-electron chi connectivity index (χ3n) is 4.08. The number of likely N-dealkylation sites (N-methyl/N-ethyl adjacent to an activating group) is 2. The first-order valence-corrected chi connectivity index (χ1v) is 8.46. The van der Waals surface area contributed by atoms with Crippen molar-refractivity contribution in [1.29, 1.82) is 0 Å². The van der Waals surface area contributed by atoms with Crippen LogP contribution < -0.4 is 15.4 Å². The maximum absolute atomic E-state index is 12.9. The zero-order valence-electron chi connectivity index (χ0n) is 15.8. The molecule has 0 aliphatic rings. The summed E-state index contributed by atoms with van der Waals surface area (Å²) in [6, 6.07) is 15.3. The molecule has 2 amide bonds. The van der Waals surface area contributed by atoms with Crippen LogP contribution in [0.3, 0.4) is 0 Å². The van der Waals surface area contributed by atoms with Gasteiger partial charge in [-0.25, -0.2) is 0 Å². The second kappa shape index (κ2) is 11.2. The lowest BCUT2D eigenvalue weighted by atomic mass is 10.0. The van der Waals surface area contributed by atoms with Gasteiger partial charge in [-0.05, 0) is 36.9 Å². The van der Waals surface area contributed by atoms with Crippen molar-refractivity contribution in [2.24, 2.45) is 0 Å². The fraction of sp³-hybridized carbons (Fsp3) is 0.300. The molecule has 0 aliphatic heterocycles. The van der Waals surface area contributed by atoms with Gasteiger partial charge in [-0.3, -0.25) is 9.59 Å². The predicted molar refractivity (Wildman–Crippen MR) is 108 cm³/mol. The Morgan fingerprint density at radius 2 is 1.70 bits per heavy atom. The number of ether oxygens (including phenoxy) is 1. The molecule has 0 aliphatic carbocycles. The highest BCUT2D eigenvalue weighted by molar-refractivity contribution is 5.98. The molecule has 0 radical (unpaired) electrons. The SMILES string of the molecule is CNCCN(C)C(=O)C(NC(=O)c1ccc(OC)cc1)c1ccccc1.Cl. The molecule has 6 nitrogen and oxygen atoms in total. The number of halogens is 1. The van der Waals surface area contributed by atoms with E-state index in [1.54, 1.807) is 43.3 Å². The lowest BCUT2D eigenvalue weighted by Gasteiger charge is -2.25. The second-order valence-corrected chi connectivity index (χ2v) is 5.91. The first-order valence-electron chi connectivity index (χ1n) is 8.46. The summed E-state index contributed by atoms with van der Waals surface area (Å²) in [4.78, 5) is 27.1. The van der Waals surface area contributed by atoms with Crippen LogP contribution in [0.15, 0.2) is 54.6 Å². The number of rotatable bonds is 8. The number of amides is 2. The molecule has 27 heavy (non-hydrogen) atoms. The van der Waals surface area contributed by atoms with Crippen LogP contribution in [0, 0.1) is 0 Å². The van der Waals surface area contributed by atoms with Gasteiger partial charge in [0, 0.05) is 25.7 Å². The van der Waals surface area contributed by atoms with E-state index in [4.69, 9.17) is 4.74 Å². The molecule has 2 N–H and O–H groups in total. The van der Waals surface area contributed by atoms with Crippen molar-refractivity contribution >= 4 is 24.2 Å². The Labute approximate surface area is 166 Å². The number of nitrogens with zero attached hydrogens (tertiary/aromatic N) is 1. The monoisotopic (exact) mass is 391 g/mol. The van der Waals surface area contributed by atoms with Gasteiger partial charge < -0.3 is 20.3 Å². The van der Waals surface area contributed by atoms with Crippen molar-refractivity contribution in [2.45, 2.75) is 6.04 Å². The van der Waals surface area contributed by atoms with Crippen molar-refractivity contribution in [3.8, 4) is 5.75 Å². The van der Waals surface area contributed by atoms with E-state index < -0.39 is 6.04 Å². The molecule has 7 heteroatoms. The Bertz CT molecular complexity index is 723. The molecule has 0 spiro atoms. The average Bonchev–Trinajstić information content (AvgIpc) is 2.70. The molecule has 0 heterocycles. The van der Waals surface area contributed by atoms with E-state index in [-0.39, 0.29) is 24.2 Å². The van der Waals surface area contributed by atoms with Crippen LogP contribution in [0.5, 0.6) is 5.75 Å². The minimum Gasteiger partial charge on any atom is -0.497 e. The zero-order chi connectivity index (χ0) is 18.9. The summed E-state index contributed by atoms with van der Waals surface area (Å²) < 4.78 is 5.11. The Kier molecular flexibility index (Phi) is 9.33. The second-order valence-electron chi connectivity index (χ2n) is 5.91. The van der Waals surface area contributed by atoms with Crippen LogP contribution in [0.2, 0.25) is 0 Å². The van der Waals surface area contributed by atoms with Gasteiger partial charge in [0.2, 0.25) is 5.91 Å². The van der Waals surface area contributed by atoms with Gasteiger partial charge in [0.1, 0.15) is 11.8 Å². The number of carbonyl (C=O) groups is 2. The van der Waals surface area contributed by atoms with Crippen molar-refractivity contribution in [1.82, 2.24) is 15.5 Å². The minimum absolute atomic E-state index is 0. The number of hydrogen-bond acceptors (Lipinski definition) is 4. The molecule has 2 aromatic rings. The summed E-state index contributed by atoms with van der Waals surface area (Å²) in [5.41, 5.74) is 1.22. The average molecular weight is 392 g/mol. The largest absolute Gasteiger partial charge is 0.497 e. The summed E-state index contributed by atoms with van der Waals surface area (Å²) in [5.74, 6) is 0.203. The molecule has 0 bridgehead atoms. The van der Waals surface area contributed by atoms with Crippen LogP contribution in [0.1, 0.15) is 22.0 Å². The summed E-state index contributed by atoms with van der Waals surface area (Å²) >= 11 is 0. The smallest absolute Gasteiger partial charge is 0.252 e. The van der Waals surface area contributed by atoms with E-state index in [0.717, 1.165) is 5.56 Å². The lowest BCUT2D eigenvalue weighted by molar-refractivity contribution is -0.132. The fourth-order valence-corrected chi connectivity index (χ4v) is 2.50. The fourth-order valence-electron chi connectivity index (χ4n) is 2.50. The van der Waals surface area contributed by atoms with E-state index in [0.29, 0.717) is 24.4 Å². The van der Waals surface area contributed by atoms with Gasteiger partial charge >= 0.3 is 0 Å². The van der Waals surface area contributed by atoms with Crippen molar-refractivity contribution < 1.29 is 14.3 Å². The molecular weight excluding hydrogens is 366 g/mol. The number of carbonyl (C=O) groups excluding carboxylic acids is 2. The lowest BCUT2D eigenvalue weighted by Crippen LogP contribution is -2.43. The summed E-state index contributed by atoms with van der Waals surface area (Å²) in [6.07, 6.45) is 0. The molecule has 0 saturated carbocycles. The van der Waals surface area contributed by atoms with Crippen LogP contribution in [-0.2, 0) is 4.79 Å². The van der Waals surface area contributed by atoms with Gasteiger partial charge in [-0.1, -0.05) is 30.3 Å². The van der Waals surface area contributed by atoms with E-state index in [9.17, 15) is 9.59 Å². The quantitative estimate of drug-likeness (QED) is 0.724. The van der Waals surface area contributed by atoms with Gasteiger partial charge in [0.05, 0.1) is 7.11 Å². The Balaban J connectivity index is 0.00000364. The zero-order valence-corrected chi connectivity index (χ0v) is 16.6. The molecule has 146 valence electrons. The van der Waals surface area contributed by atoms with Gasteiger partial charge in [0.15, 0.2) is 0 Å². The number of nitrogens with one attached hydrogen (secondary N) is 2. The molecule has 0 saturated heterocycles. The summed E-state index contributed by atoms with van der Waals surface area (Å²) in [5, 5.41) is 5.87. The maximum Gasteiger partial charge on any atom is 0.252 e. The third-order valence-corrected chi connectivity index (χ3v) is 4.08. The van der Waals surface area contributed by atoms with Gasteiger partial charge in [0.25, 0.3) is 5.91 Å². The van der Waals surface area contributed by atoms with Crippen LogP contribution in [0.25, 0.3) is 0 Å². The first-order chi connectivity index (χ1) is 12.6. The summed E-state index contributed by atoms with van der Waals surface area (Å²) in [6.45, 7) is 1.23. The van der Waals surface area contributed by atoms with Crippen LogP contribution in [0.4, 0.5) is 0 Å². The Morgan fingerprint density at radius 1 is 1.07 bits per heavy atom. The van der Waals surface area contributed by atoms with Crippen molar-refractivity contribution in [3.05, 3.63) is 65.7 Å². The van der Waals surface area contributed by atoms with Crippen molar-refractivity contribution in [3.63, 3.8) is 0 Å². The molecular formula is C20H26ClN3O3. The molecule has 1 unspecified atom stereocenters. The molecule has 0 aromatic heterocycles. The highest BCUT2D eigenvalue weighted by atomic mass is 35.5. The number of benzene rings is 2. The van der Waals surface area contributed by atoms with E-state index in [1.165, 1.54) is 0 Å². The number of hydrogen-bond donors (Lipinski definition) is 2. The first kappa shape index (κ1) is 22.5. The Hall–Kier alpha value is -2.57. The third kappa shape index (κ3) is 6.27. The topological polar surface area (TPSA) is 70.7 Å². The summed E-state index contributed by atoms with van der Waals surface area (Å²) in [7, 11) is 5.13. The van der Waals surface area contributed by atoms with Gasteiger partial charge in [-0.2, -0.15) is 0 Å². The van der Waals surface area contributed by atoms with E-state index in [1.807, 2.05) is 37.4 Å². The van der Waals surface area contributed by atoms with E-state index in [2.05, 4.69) is 10.6 Å². The Morgan fingerprint density at radius 3 is 2.26 bits per heavy atom. The standard InChI is InChI=1S/C20H25N3O3.ClH/c1-21-13-14-23(2)20(25)18(15-7-5-4-6-8-15)22-19(24)16-9-11-17(26-3)12-10-16;/h4-12,18,21H,13-14H2,1-3H3,(H,22,24);1H. The normalized spacial score (nSPS) is 11.1. The van der Waals surface area contributed by atoms with Crippen molar-refractivity contribution in [2.75, 3.05) is 34.3 Å². The molecule has 1 atom stereocenters. The molecule has 0 fully saturated rings. The van der Waals surface area contributed by atoms with E-state index >= 15 is 0 Å². The minimum atomic E-state index is -0.743. The molecule has 2 rings (SSSR count). The van der Waals surface area contributed by atoms with Crippen LogP contribution in [-0.4, -0.2) is 51.0 Å². The van der Waals surface area contributed by atoms with Gasteiger partial charge in [-0.15, -0.1) is 12.4 Å². The highest BCUT2D eigenvalue weighted by Crippen LogP contribution is 2.17. The van der Waals surface area contributed by atoms with Crippen LogP contribution >= 0.6 is 12.4 Å². The maximum atomic E-state index is 12.9. The predicted octanol–water partition coefficient (Wildman–Crippen LogP) is 2.27. The number of methoxy groups -OCH3 is 1.